The highest BCUT2D eigenvalue weighted by atomic mass is 35.5. The van der Waals surface area contributed by atoms with Crippen LogP contribution in [0.1, 0.15) is 40.8 Å². The number of amides is 2. The highest BCUT2D eigenvalue weighted by Gasteiger charge is 2.20. The summed E-state index contributed by atoms with van der Waals surface area (Å²) < 4.78 is 26.4. The molecule has 2 amide bonds. The first kappa shape index (κ1) is 29.1. The van der Waals surface area contributed by atoms with Crippen LogP contribution in [0.15, 0.2) is 95.9 Å². The van der Waals surface area contributed by atoms with Crippen molar-refractivity contribution < 1.29 is 13.2 Å². The van der Waals surface area contributed by atoms with Gasteiger partial charge in [0.1, 0.15) is 0 Å². The second kappa shape index (κ2) is 12.7. The number of carbonyl (C=O) groups is 1. The van der Waals surface area contributed by atoms with Crippen LogP contribution in [0.2, 0.25) is 10.0 Å². The van der Waals surface area contributed by atoms with Gasteiger partial charge >= 0.3 is 6.03 Å². The third-order valence-corrected chi connectivity index (χ3v) is 9.77. The fraction of sp³-hybridized carbons (Fsp3) is 0.219. The van der Waals surface area contributed by atoms with Gasteiger partial charge in [0.2, 0.25) is 0 Å². The summed E-state index contributed by atoms with van der Waals surface area (Å²) in [6.07, 6.45) is 0.890. The van der Waals surface area contributed by atoms with E-state index in [2.05, 4.69) is 45.9 Å². The number of sulfone groups is 1. The largest absolute Gasteiger partial charge is 0.331 e. The van der Waals surface area contributed by atoms with Crippen LogP contribution in [0, 0.1) is 0 Å². The van der Waals surface area contributed by atoms with Crippen molar-refractivity contribution in [2.75, 3.05) is 11.9 Å². The van der Waals surface area contributed by atoms with Crippen molar-refractivity contribution in [3.8, 4) is 0 Å². The summed E-state index contributed by atoms with van der Waals surface area (Å²) in [5.74, 6) is -0.0841. The highest BCUT2D eigenvalue weighted by Crippen LogP contribution is 2.30. The van der Waals surface area contributed by atoms with Crippen molar-refractivity contribution in [3.63, 3.8) is 0 Å². The van der Waals surface area contributed by atoms with Crippen LogP contribution in [0.4, 0.5) is 10.5 Å². The Bertz CT molecular complexity index is 1650. The van der Waals surface area contributed by atoms with Crippen LogP contribution in [0.3, 0.4) is 0 Å². The summed E-state index contributed by atoms with van der Waals surface area (Å²) in [4.78, 5) is 15.1. The molecule has 1 atom stereocenters. The molecule has 4 aromatic carbocycles. The van der Waals surface area contributed by atoms with Crippen LogP contribution in [-0.4, -0.2) is 25.9 Å². The lowest BCUT2D eigenvalue weighted by Gasteiger charge is -2.29. The van der Waals surface area contributed by atoms with E-state index in [1.807, 2.05) is 18.2 Å². The fourth-order valence-corrected chi connectivity index (χ4v) is 6.88. The van der Waals surface area contributed by atoms with Gasteiger partial charge in [-0.1, -0.05) is 83.9 Å². The van der Waals surface area contributed by atoms with Gasteiger partial charge in [0.25, 0.3) is 0 Å². The number of rotatable bonds is 8. The molecule has 41 heavy (non-hydrogen) atoms. The molecule has 0 bridgehead atoms. The van der Waals surface area contributed by atoms with Crippen molar-refractivity contribution in [2.45, 2.75) is 43.1 Å². The molecule has 5 rings (SSSR count). The second-order valence-corrected chi connectivity index (χ2v) is 13.1. The lowest BCUT2D eigenvalue weighted by Crippen LogP contribution is -2.31. The molecule has 6 nitrogen and oxygen atoms in total. The van der Waals surface area contributed by atoms with Gasteiger partial charge < -0.3 is 10.6 Å². The minimum atomic E-state index is -3.57. The number of urea groups is 1. The SMILES string of the molecule is C[C@H](NC(=O)Nc1ccc(S(=O)(=O)Cc2ccc3c(c2)CCN(Cc2ccccc2)C3)cc1)c1cccc(Cl)c1Cl. The van der Waals surface area contributed by atoms with Crippen molar-refractivity contribution in [1.82, 2.24) is 10.2 Å². The van der Waals surface area contributed by atoms with Gasteiger partial charge in [-0.3, -0.25) is 4.90 Å². The Balaban J connectivity index is 1.18. The number of halogens is 2. The van der Waals surface area contributed by atoms with Crippen molar-refractivity contribution >= 4 is 44.8 Å². The molecule has 0 saturated heterocycles. The molecule has 1 aliphatic heterocycles. The molecule has 0 fully saturated rings. The molecule has 9 heteroatoms. The second-order valence-electron chi connectivity index (χ2n) is 10.3. The summed E-state index contributed by atoms with van der Waals surface area (Å²) in [5.41, 5.74) is 5.69. The lowest BCUT2D eigenvalue weighted by atomic mass is 9.97. The third-order valence-electron chi connectivity index (χ3n) is 7.23. The smallest absolute Gasteiger partial charge is 0.319 e. The maximum absolute atomic E-state index is 13.2. The molecule has 0 aromatic heterocycles. The van der Waals surface area contributed by atoms with Gasteiger partial charge in [-0.15, -0.1) is 0 Å². The quantitative estimate of drug-likeness (QED) is 0.218. The minimum absolute atomic E-state index is 0.0841. The normalized spacial score (nSPS) is 14.2. The topological polar surface area (TPSA) is 78.5 Å². The van der Waals surface area contributed by atoms with Crippen LogP contribution >= 0.6 is 23.2 Å². The number of nitrogens with one attached hydrogen (secondary N) is 2. The van der Waals surface area contributed by atoms with E-state index in [9.17, 15) is 13.2 Å². The zero-order valence-corrected chi connectivity index (χ0v) is 24.9. The van der Waals surface area contributed by atoms with E-state index in [1.54, 1.807) is 37.3 Å². The van der Waals surface area contributed by atoms with E-state index in [1.165, 1.54) is 28.8 Å². The lowest BCUT2D eigenvalue weighted by molar-refractivity contribution is 0.245. The number of nitrogens with zero attached hydrogens (tertiary/aromatic N) is 1. The number of fused-ring (bicyclic) bond motifs is 1. The molecule has 0 saturated carbocycles. The average molecular weight is 609 g/mol. The van der Waals surface area contributed by atoms with Gasteiger partial charge in [-0.05, 0) is 71.5 Å². The van der Waals surface area contributed by atoms with E-state index in [0.29, 0.717) is 21.3 Å². The first-order chi connectivity index (χ1) is 19.7. The first-order valence-electron chi connectivity index (χ1n) is 13.4. The van der Waals surface area contributed by atoms with Gasteiger partial charge in [0.05, 0.1) is 26.7 Å². The Labute approximate surface area is 251 Å². The predicted octanol–water partition coefficient (Wildman–Crippen LogP) is 7.41. The third kappa shape index (κ3) is 7.29. The number of anilines is 1. The molecular weight excluding hydrogens is 577 g/mol. The highest BCUT2D eigenvalue weighted by molar-refractivity contribution is 7.90. The molecule has 0 spiro atoms. The summed E-state index contributed by atoms with van der Waals surface area (Å²) in [6, 6.07) is 27.0. The Morgan fingerprint density at radius 3 is 2.41 bits per heavy atom. The van der Waals surface area contributed by atoms with E-state index < -0.39 is 15.9 Å². The number of benzene rings is 4. The standard InChI is InChI=1S/C32H31Cl2N3O3S/c1-22(29-8-5-9-30(33)31(29)34)35-32(38)36-27-12-14-28(15-13-27)41(39,40)21-24-10-11-26-20-37(17-16-25(26)18-24)19-23-6-3-2-4-7-23/h2-15,18,22H,16-17,19-21H2,1H3,(H2,35,36,38)/t22-/m0/s1. The molecule has 0 unspecified atom stereocenters. The van der Waals surface area contributed by atoms with E-state index in [-0.39, 0.29) is 16.7 Å². The molecule has 1 heterocycles. The molecule has 2 N–H and O–H groups in total. The predicted molar refractivity (Wildman–Crippen MR) is 165 cm³/mol. The molecule has 4 aromatic rings. The van der Waals surface area contributed by atoms with Gasteiger partial charge in [0, 0.05) is 25.3 Å². The summed E-state index contributed by atoms with van der Waals surface area (Å²) in [5, 5.41) is 6.35. The van der Waals surface area contributed by atoms with Crippen LogP contribution in [-0.2, 0) is 35.1 Å². The van der Waals surface area contributed by atoms with Crippen LogP contribution in [0.25, 0.3) is 0 Å². The number of carbonyl (C=O) groups excluding carboxylic acids is 1. The van der Waals surface area contributed by atoms with E-state index >= 15 is 0 Å². The summed E-state index contributed by atoms with van der Waals surface area (Å²) in [6.45, 7) is 4.49. The minimum Gasteiger partial charge on any atom is -0.331 e. The monoisotopic (exact) mass is 607 g/mol. The molecule has 1 aliphatic rings. The zero-order chi connectivity index (χ0) is 29.0. The molecule has 0 aliphatic carbocycles. The maximum atomic E-state index is 13.2. The summed E-state index contributed by atoms with van der Waals surface area (Å²) >= 11 is 12.3. The van der Waals surface area contributed by atoms with Gasteiger partial charge in [-0.25, -0.2) is 13.2 Å². The average Bonchev–Trinajstić information content (AvgIpc) is 2.95. The summed E-state index contributed by atoms with van der Waals surface area (Å²) in [7, 11) is -3.57. The molecular formula is C32H31Cl2N3O3S. The zero-order valence-electron chi connectivity index (χ0n) is 22.6. The van der Waals surface area contributed by atoms with E-state index in [0.717, 1.165) is 31.6 Å². The van der Waals surface area contributed by atoms with E-state index in [4.69, 9.17) is 23.2 Å². The molecule has 212 valence electrons. The van der Waals surface area contributed by atoms with Crippen LogP contribution < -0.4 is 10.6 Å². The Kier molecular flexibility index (Phi) is 9.00. The van der Waals surface area contributed by atoms with Crippen molar-refractivity contribution in [2.24, 2.45) is 0 Å². The van der Waals surface area contributed by atoms with Crippen LogP contribution in [0.5, 0.6) is 0 Å². The maximum Gasteiger partial charge on any atom is 0.319 e. The molecule has 0 radical (unpaired) electrons. The van der Waals surface area contributed by atoms with Crippen molar-refractivity contribution in [3.05, 3.63) is 129 Å². The number of hydrogen-bond acceptors (Lipinski definition) is 4. The Morgan fingerprint density at radius 1 is 0.902 bits per heavy atom. The fourth-order valence-electron chi connectivity index (χ4n) is 5.08. The van der Waals surface area contributed by atoms with Gasteiger partial charge in [0.15, 0.2) is 9.84 Å². The number of hydrogen-bond donors (Lipinski definition) is 2. The van der Waals surface area contributed by atoms with Crippen molar-refractivity contribution in [1.29, 1.82) is 0 Å². The Morgan fingerprint density at radius 2 is 1.66 bits per heavy atom. The first-order valence-corrected chi connectivity index (χ1v) is 15.8. The van der Waals surface area contributed by atoms with Gasteiger partial charge in [-0.2, -0.15) is 0 Å². The Hall–Kier alpha value is -3.36.